The van der Waals surface area contributed by atoms with E-state index in [1.165, 1.54) is 6.07 Å². The molecular weight excluding hydrogens is 331 g/mol. The van der Waals surface area contributed by atoms with Crippen LogP contribution in [0.2, 0.25) is 0 Å². The van der Waals surface area contributed by atoms with Crippen LogP contribution in [-0.4, -0.2) is 23.5 Å². The van der Waals surface area contributed by atoms with E-state index in [2.05, 4.69) is 21.2 Å². The zero-order valence-corrected chi connectivity index (χ0v) is 11.0. The number of hydrogen-bond acceptors (Lipinski definition) is 2. The molecule has 0 saturated heterocycles. The van der Waals surface area contributed by atoms with Crippen molar-refractivity contribution in [2.75, 3.05) is 6.54 Å². The van der Waals surface area contributed by atoms with Crippen molar-refractivity contribution in [1.29, 1.82) is 0 Å². The second-order valence-electron chi connectivity index (χ2n) is 3.59. The SMILES string of the molecule is O=C(O)CCNC(=O)c1ccc(Br)c(C(F)(F)F)c1. The molecule has 0 unspecified atom stereocenters. The Morgan fingerprint density at radius 3 is 2.47 bits per heavy atom. The Morgan fingerprint density at radius 2 is 1.95 bits per heavy atom. The number of halogens is 4. The summed E-state index contributed by atoms with van der Waals surface area (Å²) in [6.45, 7) is -0.147. The Kier molecular flexibility index (Phi) is 4.93. The molecule has 1 aromatic rings. The molecule has 1 aromatic carbocycles. The molecule has 0 atom stereocenters. The number of carbonyl (C=O) groups is 2. The highest BCUT2D eigenvalue weighted by Crippen LogP contribution is 2.35. The van der Waals surface area contributed by atoms with Gasteiger partial charge in [0.15, 0.2) is 0 Å². The molecule has 0 aliphatic rings. The van der Waals surface area contributed by atoms with Crippen LogP contribution >= 0.6 is 15.9 Å². The fourth-order valence-corrected chi connectivity index (χ4v) is 1.74. The maximum absolute atomic E-state index is 12.6. The lowest BCUT2D eigenvalue weighted by Crippen LogP contribution is -2.26. The maximum Gasteiger partial charge on any atom is 0.417 e. The van der Waals surface area contributed by atoms with Gasteiger partial charge in [0.2, 0.25) is 0 Å². The van der Waals surface area contributed by atoms with Gasteiger partial charge in [0.05, 0.1) is 12.0 Å². The summed E-state index contributed by atoms with van der Waals surface area (Å²) < 4.78 is 37.7. The topological polar surface area (TPSA) is 66.4 Å². The van der Waals surface area contributed by atoms with Gasteiger partial charge < -0.3 is 10.4 Å². The average molecular weight is 340 g/mol. The number of hydrogen-bond donors (Lipinski definition) is 2. The molecule has 1 amide bonds. The van der Waals surface area contributed by atoms with Gasteiger partial charge in [-0.25, -0.2) is 0 Å². The van der Waals surface area contributed by atoms with Crippen molar-refractivity contribution in [2.24, 2.45) is 0 Å². The summed E-state index contributed by atoms with van der Waals surface area (Å²) in [4.78, 5) is 21.8. The van der Waals surface area contributed by atoms with Crippen LogP contribution in [0.4, 0.5) is 13.2 Å². The van der Waals surface area contributed by atoms with Crippen molar-refractivity contribution in [1.82, 2.24) is 5.32 Å². The summed E-state index contributed by atoms with van der Waals surface area (Å²) in [5.41, 5.74) is -1.14. The molecule has 0 saturated carbocycles. The largest absolute Gasteiger partial charge is 0.481 e. The highest BCUT2D eigenvalue weighted by molar-refractivity contribution is 9.10. The van der Waals surface area contributed by atoms with E-state index >= 15 is 0 Å². The third kappa shape index (κ3) is 4.55. The molecule has 0 radical (unpaired) electrons. The van der Waals surface area contributed by atoms with Crippen molar-refractivity contribution >= 4 is 27.8 Å². The summed E-state index contributed by atoms with van der Waals surface area (Å²) in [6, 6.07) is 3.05. The van der Waals surface area contributed by atoms with Gasteiger partial charge in [-0.15, -0.1) is 0 Å². The molecule has 0 spiro atoms. The summed E-state index contributed by atoms with van der Waals surface area (Å²) in [7, 11) is 0. The first kappa shape index (κ1) is 15.5. The zero-order valence-electron chi connectivity index (χ0n) is 9.42. The monoisotopic (exact) mass is 339 g/mol. The highest BCUT2D eigenvalue weighted by atomic mass is 79.9. The smallest absolute Gasteiger partial charge is 0.417 e. The lowest BCUT2D eigenvalue weighted by atomic mass is 10.1. The van der Waals surface area contributed by atoms with Crippen LogP contribution in [0.15, 0.2) is 22.7 Å². The molecule has 0 aliphatic heterocycles. The number of carboxylic acids is 1. The van der Waals surface area contributed by atoms with Crippen LogP contribution in [0.5, 0.6) is 0 Å². The Hall–Kier alpha value is -1.57. The average Bonchev–Trinajstić information content (AvgIpc) is 2.27. The fourth-order valence-electron chi connectivity index (χ4n) is 1.27. The number of alkyl halides is 3. The summed E-state index contributed by atoms with van der Waals surface area (Å²) >= 11 is 2.76. The van der Waals surface area contributed by atoms with E-state index in [9.17, 15) is 22.8 Å². The Morgan fingerprint density at radius 1 is 1.32 bits per heavy atom. The minimum Gasteiger partial charge on any atom is -0.481 e. The zero-order chi connectivity index (χ0) is 14.6. The van der Waals surface area contributed by atoms with E-state index in [1.807, 2.05) is 0 Å². The number of benzene rings is 1. The molecule has 4 nitrogen and oxygen atoms in total. The maximum atomic E-state index is 12.6. The third-order valence-electron chi connectivity index (χ3n) is 2.16. The van der Waals surface area contributed by atoms with Crippen molar-refractivity contribution in [3.63, 3.8) is 0 Å². The van der Waals surface area contributed by atoms with E-state index in [-0.39, 0.29) is 23.0 Å². The predicted molar refractivity (Wildman–Crippen MR) is 63.7 cm³/mol. The number of carbonyl (C=O) groups excluding carboxylic acids is 1. The Labute approximate surface area is 114 Å². The van der Waals surface area contributed by atoms with Crippen molar-refractivity contribution in [3.8, 4) is 0 Å². The normalized spacial score (nSPS) is 11.2. The van der Waals surface area contributed by atoms with Gasteiger partial charge >= 0.3 is 12.1 Å². The van der Waals surface area contributed by atoms with E-state index in [0.29, 0.717) is 6.07 Å². The molecule has 0 aliphatic carbocycles. The third-order valence-corrected chi connectivity index (χ3v) is 2.85. The molecule has 104 valence electrons. The summed E-state index contributed by atoms with van der Waals surface area (Å²) in [5, 5.41) is 10.6. The molecule has 1 rings (SSSR count). The second kappa shape index (κ2) is 6.05. The van der Waals surface area contributed by atoms with Crippen molar-refractivity contribution in [2.45, 2.75) is 12.6 Å². The van der Waals surface area contributed by atoms with Gasteiger partial charge in [0.25, 0.3) is 5.91 Å². The van der Waals surface area contributed by atoms with Crippen LogP contribution in [-0.2, 0) is 11.0 Å². The molecular formula is C11H9BrF3NO3. The lowest BCUT2D eigenvalue weighted by Gasteiger charge is -2.11. The van der Waals surface area contributed by atoms with Crippen LogP contribution in [0.1, 0.15) is 22.3 Å². The number of amides is 1. The molecule has 0 aromatic heterocycles. The second-order valence-corrected chi connectivity index (χ2v) is 4.45. The molecule has 0 bridgehead atoms. The van der Waals surface area contributed by atoms with E-state index in [0.717, 1.165) is 6.07 Å². The molecule has 0 heterocycles. The predicted octanol–water partition coefficient (Wildman–Crippen LogP) is 2.67. The summed E-state index contributed by atoms with van der Waals surface area (Å²) in [5.74, 6) is -1.86. The van der Waals surface area contributed by atoms with Crippen molar-refractivity contribution < 1.29 is 27.9 Å². The first-order chi connectivity index (χ1) is 8.71. The number of rotatable bonds is 4. The lowest BCUT2D eigenvalue weighted by molar-refractivity contribution is -0.138. The van der Waals surface area contributed by atoms with Gasteiger partial charge in [-0.2, -0.15) is 13.2 Å². The van der Waals surface area contributed by atoms with E-state index in [1.54, 1.807) is 0 Å². The van der Waals surface area contributed by atoms with E-state index < -0.39 is 23.6 Å². The number of nitrogens with one attached hydrogen (secondary N) is 1. The van der Waals surface area contributed by atoms with Gasteiger partial charge in [0.1, 0.15) is 0 Å². The number of aliphatic carboxylic acids is 1. The first-order valence-corrected chi connectivity index (χ1v) is 5.88. The van der Waals surface area contributed by atoms with E-state index in [4.69, 9.17) is 5.11 Å². The first-order valence-electron chi connectivity index (χ1n) is 5.08. The summed E-state index contributed by atoms with van der Waals surface area (Å²) in [6.07, 6.45) is -4.87. The van der Waals surface area contributed by atoms with Crippen molar-refractivity contribution in [3.05, 3.63) is 33.8 Å². The van der Waals surface area contributed by atoms with Crippen LogP contribution < -0.4 is 5.32 Å². The van der Waals surface area contributed by atoms with Gasteiger partial charge in [-0.1, -0.05) is 15.9 Å². The highest BCUT2D eigenvalue weighted by Gasteiger charge is 2.33. The minimum atomic E-state index is -4.57. The fraction of sp³-hybridized carbons (Fsp3) is 0.273. The minimum absolute atomic E-state index is 0.147. The van der Waals surface area contributed by atoms with Gasteiger partial charge in [-0.3, -0.25) is 9.59 Å². The van der Waals surface area contributed by atoms with Gasteiger partial charge in [0, 0.05) is 16.6 Å². The Balaban J connectivity index is 2.84. The standard InChI is InChI=1S/C11H9BrF3NO3/c12-8-2-1-6(5-7(8)11(13,14)15)10(19)16-4-3-9(17)18/h1-2,5H,3-4H2,(H,16,19)(H,17,18). The molecule has 0 fully saturated rings. The van der Waals surface area contributed by atoms with Gasteiger partial charge in [-0.05, 0) is 18.2 Å². The Bertz CT molecular complexity index is 502. The van der Waals surface area contributed by atoms with Crippen LogP contribution in [0, 0.1) is 0 Å². The molecule has 19 heavy (non-hydrogen) atoms. The number of carboxylic acid groups (broad SMARTS) is 1. The quantitative estimate of drug-likeness (QED) is 0.886. The van der Waals surface area contributed by atoms with Crippen LogP contribution in [0.25, 0.3) is 0 Å². The molecule has 2 N–H and O–H groups in total. The van der Waals surface area contributed by atoms with Crippen LogP contribution in [0.3, 0.4) is 0 Å². The molecule has 8 heteroatoms.